The van der Waals surface area contributed by atoms with Gasteiger partial charge in [-0.2, -0.15) is 0 Å². The Balaban J connectivity index is 1.47. The molecular weight excluding hydrogens is 390 g/mol. The van der Waals surface area contributed by atoms with Crippen molar-refractivity contribution in [3.05, 3.63) is 64.7 Å². The van der Waals surface area contributed by atoms with Crippen LogP contribution in [0, 0.1) is 0 Å². The third-order valence-electron chi connectivity index (χ3n) is 4.94. The zero-order valence-electron chi connectivity index (χ0n) is 16.5. The maximum atomic E-state index is 12.5. The van der Waals surface area contributed by atoms with Gasteiger partial charge >= 0.3 is 12.1 Å². The number of hydrogen-bond acceptors (Lipinski definition) is 3. The molecule has 154 valence electrons. The van der Waals surface area contributed by atoms with Crippen LogP contribution in [-0.2, 0) is 17.7 Å². The summed E-state index contributed by atoms with van der Waals surface area (Å²) in [6.45, 7) is 3.44. The van der Waals surface area contributed by atoms with Crippen LogP contribution >= 0.6 is 11.6 Å². The lowest BCUT2D eigenvalue weighted by Crippen LogP contribution is -2.48. The van der Waals surface area contributed by atoms with Gasteiger partial charge in [-0.25, -0.2) is 9.59 Å². The Morgan fingerprint density at radius 1 is 1.17 bits per heavy atom. The number of nitrogens with zero attached hydrogens (tertiary/aromatic N) is 1. The summed E-state index contributed by atoms with van der Waals surface area (Å²) in [6, 6.07) is 14.9. The summed E-state index contributed by atoms with van der Waals surface area (Å²) >= 11 is 6.13. The van der Waals surface area contributed by atoms with E-state index < -0.39 is 6.09 Å². The quantitative estimate of drug-likeness (QED) is 0.735. The lowest BCUT2D eigenvalue weighted by atomic mass is 10.1. The molecule has 1 fully saturated rings. The van der Waals surface area contributed by atoms with Gasteiger partial charge in [0, 0.05) is 23.8 Å². The number of rotatable bonds is 5. The van der Waals surface area contributed by atoms with Crippen LogP contribution in [-0.4, -0.2) is 36.2 Å². The molecule has 0 bridgehead atoms. The monoisotopic (exact) mass is 415 g/mol. The molecule has 0 aliphatic carbocycles. The molecular formula is C22H26ClN3O3. The molecule has 1 aliphatic heterocycles. The van der Waals surface area contributed by atoms with Gasteiger partial charge in [-0.1, -0.05) is 48.9 Å². The summed E-state index contributed by atoms with van der Waals surface area (Å²) < 4.78 is 5.52. The topological polar surface area (TPSA) is 70.7 Å². The number of aryl methyl sites for hydroxylation is 1. The van der Waals surface area contributed by atoms with Crippen LogP contribution in [0.15, 0.2) is 48.5 Å². The smallest absolute Gasteiger partial charge is 0.411 e. The molecule has 2 N–H and O–H groups in total. The van der Waals surface area contributed by atoms with E-state index in [1.807, 2.05) is 42.5 Å². The van der Waals surface area contributed by atoms with Gasteiger partial charge in [0.2, 0.25) is 0 Å². The first-order chi connectivity index (χ1) is 14.0. The number of ether oxygens (including phenoxy) is 1. The fourth-order valence-corrected chi connectivity index (χ4v) is 3.47. The second kappa shape index (κ2) is 10.2. The van der Waals surface area contributed by atoms with E-state index in [-0.39, 0.29) is 12.1 Å². The van der Waals surface area contributed by atoms with Crippen molar-refractivity contribution in [1.82, 2.24) is 10.2 Å². The Morgan fingerprint density at radius 3 is 2.66 bits per heavy atom. The zero-order valence-corrected chi connectivity index (χ0v) is 17.2. The summed E-state index contributed by atoms with van der Waals surface area (Å²) in [7, 11) is 0. The highest BCUT2D eigenvalue weighted by Crippen LogP contribution is 2.17. The number of piperidine rings is 1. The zero-order chi connectivity index (χ0) is 20.6. The number of amides is 3. The first-order valence-corrected chi connectivity index (χ1v) is 10.3. The lowest BCUT2D eigenvalue weighted by Gasteiger charge is -2.32. The van der Waals surface area contributed by atoms with E-state index in [4.69, 9.17) is 16.3 Å². The number of anilines is 1. The Hall–Kier alpha value is -2.73. The highest BCUT2D eigenvalue weighted by molar-refractivity contribution is 6.31. The number of carbonyl (C=O) groups excluding carboxylic acids is 2. The van der Waals surface area contributed by atoms with Crippen LogP contribution in [0.2, 0.25) is 5.02 Å². The lowest BCUT2D eigenvalue weighted by molar-refractivity contribution is 0.0605. The van der Waals surface area contributed by atoms with Gasteiger partial charge in [0.25, 0.3) is 0 Å². The molecule has 2 aromatic carbocycles. The van der Waals surface area contributed by atoms with Crippen LogP contribution in [0.3, 0.4) is 0 Å². The Bertz CT molecular complexity index is 841. The fourth-order valence-electron chi connectivity index (χ4n) is 3.27. The van der Waals surface area contributed by atoms with E-state index in [0.29, 0.717) is 30.3 Å². The average Bonchev–Trinajstić information content (AvgIpc) is 2.73. The minimum Gasteiger partial charge on any atom is -0.444 e. The molecule has 0 radical (unpaired) electrons. The summed E-state index contributed by atoms with van der Waals surface area (Å²) in [5.41, 5.74) is 2.76. The van der Waals surface area contributed by atoms with Gasteiger partial charge in [0.05, 0.1) is 6.54 Å². The maximum Gasteiger partial charge on any atom is 0.411 e. The molecule has 1 saturated heterocycles. The van der Waals surface area contributed by atoms with Crippen molar-refractivity contribution in [2.24, 2.45) is 0 Å². The number of likely N-dealkylation sites (tertiary alicyclic amines) is 1. The Labute approximate surface area is 176 Å². The summed E-state index contributed by atoms with van der Waals surface area (Å²) in [5.74, 6) is 0. The van der Waals surface area contributed by atoms with Crippen molar-refractivity contribution in [2.45, 2.75) is 38.8 Å². The molecule has 0 saturated carbocycles. The van der Waals surface area contributed by atoms with Gasteiger partial charge in [0.1, 0.15) is 6.10 Å². The summed E-state index contributed by atoms with van der Waals surface area (Å²) in [5, 5.41) is 6.24. The van der Waals surface area contributed by atoms with E-state index in [1.165, 1.54) is 5.56 Å². The fraction of sp³-hybridized carbons (Fsp3) is 0.364. The van der Waals surface area contributed by atoms with Crippen molar-refractivity contribution in [2.75, 3.05) is 18.4 Å². The van der Waals surface area contributed by atoms with E-state index in [2.05, 4.69) is 17.6 Å². The Kier molecular flexibility index (Phi) is 7.36. The average molecular weight is 416 g/mol. The first kappa shape index (κ1) is 21.0. The molecule has 1 aliphatic rings. The highest BCUT2D eigenvalue weighted by Gasteiger charge is 2.26. The van der Waals surface area contributed by atoms with Crippen molar-refractivity contribution in [1.29, 1.82) is 0 Å². The van der Waals surface area contributed by atoms with Crippen molar-refractivity contribution >= 4 is 29.4 Å². The normalized spacial score (nSPS) is 16.2. The molecule has 7 heteroatoms. The van der Waals surface area contributed by atoms with Crippen LogP contribution < -0.4 is 10.6 Å². The SMILES string of the molecule is CCc1ccc(NC(=O)OC2CCCN(C(=O)NCc3ccccc3Cl)C2)cc1. The molecule has 29 heavy (non-hydrogen) atoms. The molecule has 1 unspecified atom stereocenters. The number of carbonyl (C=O) groups is 2. The molecule has 0 spiro atoms. The summed E-state index contributed by atoms with van der Waals surface area (Å²) in [4.78, 5) is 26.3. The first-order valence-electron chi connectivity index (χ1n) is 9.88. The number of halogens is 1. The van der Waals surface area contributed by atoms with E-state index in [9.17, 15) is 9.59 Å². The number of benzene rings is 2. The molecule has 1 heterocycles. The van der Waals surface area contributed by atoms with Gasteiger partial charge in [-0.05, 0) is 48.6 Å². The molecule has 2 aromatic rings. The molecule has 6 nitrogen and oxygen atoms in total. The maximum absolute atomic E-state index is 12.5. The standard InChI is InChI=1S/C22H26ClN3O3/c1-2-16-9-11-18(12-10-16)25-22(28)29-19-7-5-13-26(15-19)21(27)24-14-17-6-3-4-8-20(17)23/h3-4,6,8-12,19H,2,5,7,13-15H2,1H3,(H,24,27)(H,25,28). The van der Waals surface area contributed by atoms with Crippen LogP contribution in [0.5, 0.6) is 0 Å². The van der Waals surface area contributed by atoms with Crippen molar-refractivity contribution in [3.8, 4) is 0 Å². The van der Waals surface area contributed by atoms with Crippen LogP contribution in [0.25, 0.3) is 0 Å². The van der Waals surface area contributed by atoms with E-state index in [0.717, 1.165) is 24.8 Å². The second-order valence-electron chi connectivity index (χ2n) is 7.04. The third-order valence-corrected chi connectivity index (χ3v) is 5.30. The van der Waals surface area contributed by atoms with E-state index >= 15 is 0 Å². The minimum atomic E-state index is -0.502. The van der Waals surface area contributed by atoms with E-state index in [1.54, 1.807) is 11.0 Å². The van der Waals surface area contributed by atoms with Crippen LogP contribution in [0.1, 0.15) is 30.9 Å². The molecule has 1 atom stereocenters. The second-order valence-corrected chi connectivity index (χ2v) is 7.45. The Morgan fingerprint density at radius 2 is 1.93 bits per heavy atom. The number of urea groups is 1. The van der Waals surface area contributed by atoms with Crippen molar-refractivity contribution < 1.29 is 14.3 Å². The summed E-state index contributed by atoms with van der Waals surface area (Å²) in [6.07, 6.45) is 1.63. The van der Waals surface area contributed by atoms with Crippen molar-refractivity contribution in [3.63, 3.8) is 0 Å². The number of nitrogens with one attached hydrogen (secondary N) is 2. The van der Waals surface area contributed by atoms with Crippen LogP contribution in [0.4, 0.5) is 15.3 Å². The number of hydrogen-bond donors (Lipinski definition) is 2. The highest BCUT2D eigenvalue weighted by atomic mass is 35.5. The third kappa shape index (κ3) is 6.12. The molecule has 3 rings (SSSR count). The predicted molar refractivity (Wildman–Crippen MR) is 114 cm³/mol. The van der Waals surface area contributed by atoms with Gasteiger partial charge in [-0.3, -0.25) is 5.32 Å². The molecule has 0 aromatic heterocycles. The van der Waals surface area contributed by atoms with Gasteiger partial charge in [0.15, 0.2) is 0 Å². The largest absolute Gasteiger partial charge is 0.444 e. The minimum absolute atomic E-state index is 0.186. The molecule has 3 amide bonds. The van der Waals surface area contributed by atoms with Gasteiger partial charge in [-0.15, -0.1) is 0 Å². The predicted octanol–water partition coefficient (Wildman–Crippen LogP) is 4.83. The van der Waals surface area contributed by atoms with Gasteiger partial charge < -0.3 is 15.0 Å².